The number of hydrogen-bond donors (Lipinski definition) is 2. The summed E-state index contributed by atoms with van der Waals surface area (Å²) in [6.45, 7) is 2.01. The van der Waals surface area contributed by atoms with Crippen molar-refractivity contribution in [1.29, 1.82) is 0 Å². The number of hydrogen-bond acceptors (Lipinski definition) is 7. The average Bonchev–Trinajstić information content (AvgIpc) is 2.56. The van der Waals surface area contributed by atoms with Crippen LogP contribution in [0.5, 0.6) is 5.75 Å². The quantitative estimate of drug-likeness (QED) is 0.681. The zero-order valence-electron chi connectivity index (χ0n) is 12.9. The molecular formula is C15H21N5O2. The summed E-state index contributed by atoms with van der Waals surface area (Å²) >= 11 is 0. The molecule has 1 heterocycles. The molecule has 7 nitrogen and oxygen atoms in total. The van der Waals surface area contributed by atoms with Crippen LogP contribution in [-0.2, 0) is 11.2 Å². The molecule has 0 atom stereocenters. The zero-order valence-corrected chi connectivity index (χ0v) is 12.9. The van der Waals surface area contributed by atoms with E-state index in [4.69, 9.17) is 9.47 Å². The topological polar surface area (TPSA) is 81.2 Å². The molecule has 0 amide bonds. The number of aromatic nitrogens is 3. The van der Waals surface area contributed by atoms with Gasteiger partial charge in [0.15, 0.2) is 5.82 Å². The first kappa shape index (κ1) is 16.0. The van der Waals surface area contributed by atoms with E-state index in [9.17, 15) is 0 Å². The van der Waals surface area contributed by atoms with Crippen molar-refractivity contribution in [2.45, 2.75) is 6.42 Å². The molecule has 118 valence electrons. The second kappa shape index (κ2) is 8.78. The van der Waals surface area contributed by atoms with Crippen LogP contribution < -0.4 is 15.4 Å². The molecular weight excluding hydrogens is 282 g/mol. The minimum Gasteiger partial charge on any atom is -0.497 e. The fraction of sp³-hybridized carbons (Fsp3) is 0.400. The van der Waals surface area contributed by atoms with E-state index in [0.717, 1.165) is 18.7 Å². The lowest BCUT2D eigenvalue weighted by atomic mass is 10.1. The Balaban J connectivity index is 1.82. The van der Waals surface area contributed by atoms with E-state index in [2.05, 4.69) is 31.9 Å². The predicted molar refractivity (Wildman–Crippen MR) is 85.4 cm³/mol. The highest BCUT2D eigenvalue weighted by atomic mass is 16.5. The molecule has 0 fully saturated rings. The van der Waals surface area contributed by atoms with Gasteiger partial charge in [-0.2, -0.15) is 10.1 Å². The van der Waals surface area contributed by atoms with Gasteiger partial charge in [-0.05, 0) is 24.1 Å². The van der Waals surface area contributed by atoms with Crippen molar-refractivity contribution in [2.75, 3.05) is 44.5 Å². The van der Waals surface area contributed by atoms with Gasteiger partial charge in [0.05, 0.1) is 19.9 Å². The van der Waals surface area contributed by atoms with E-state index in [0.29, 0.717) is 24.9 Å². The van der Waals surface area contributed by atoms with Gasteiger partial charge in [-0.3, -0.25) is 0 Å². The van der Waals surface area contributed by atoms with Gasteiger partial charge in [-0.25, -0.2) is 0 Å². The van der Waals surface area contributed by atoms with Crippen LogP contribution in [0, 0.1) is 0 Å². The summed E-state index contributed by atoms with van der Waals surface area (Å²) in [6, 6.07) is 7.99. The molecule has 0 unspecified atom stereocenters. The number of benzene rings is 1. The van der Waals surface area contributed by atoms with Crippen LogP contribution in [0.3, 0.4) is 0 Å². The number of rotatable bonds is 9. The fourth-order valence-corrected chi connectivity index (χ4v) is 1.89. The van der Waals surface area contributed by atoms with Gasteiger partial charge in [-0.15, -0.1) is 5.10 Å². The summed E-state index contributed by atoms with van der Waals surface area (Å²) in [7, 11) is 3.32. The van der Waals surface area contributed by atoms with Gasteiger partial charge in [0.2, 0.25) is 5.95 Å². The first-order valence-corrected chi connectivity index (χ1v) is 7.11. The summed E-state index contributed by atoms with van der Waals surface area (Å²) in [5.41, 5.74) is 1.19. The lowest BCUT2D eigenvalue weighted by Crippen LogP contribution is -2.12. The van der Waals surface area contributed by atoms with Crippen molar-refractivity contribution in [1.82, 2.24) is 15.2 Å². The molecule has 0 spiro atoms. The van der Waals surface area contributed by atoms with E-state index in [-0.39, 0.29) is 0 Å². The number of nitrogens with one attached hydrogen (secondary N) is 2. The summed E-state index contributed by atoms with van der Waals surface area (Å²) in [5.74, 6) is 2.04. The summed E-state index contributed by atoms with van der Waals surface area (Å²) < 4.78 is 10.2. The Morgan fingerprint density at radius 1 is 1.14 bits per heavy atom. The Kier molecular flexibility index (Phi) is 6.38. The van der Waals surface area contributed by atoms with Crippen molar-refractivity contribution in [3.8, 4) is 5.75 Å². The molecule has 1 aromatic carbocycles. The predicted octanol–water partition coefficient (Wildman–Crippen LogP) is 1.59. The van der Waals surface area contributed by atoms with Crippen LogP contribution >= 0.6 is 0 Å². The molecule has 0 aliphatic heterocycles. The Morgan fingerprint density at radius 2 is 2.05 bits per heavy atom. The van der Waals surface area contributed by atoms with Crippen molar-refractivity contribution >= 4 is 11.8 Å². The zero-order chi connectivity index (χ0) is 15.6. The first-order chi connectivity index (χ1) is 10.8. The maximum atomic E-state index is 5.21. The van der Waals surface area contributed by atoms with E-state index in [1.165, 1.54) is 5.56 Å². The third-order valence-corrected chi connectivity index (χ3v) is 3.00. The molecule has 0 saturated carbocycles. The minimum atomic E-state index is 0.505. The van der Waals surface area contributed by atoms with E-state index < -0.39 is 0 Å². The highest BCUT2D eigenvalue weighted by Gasteiger charge is 2.01. The maximum absolute atomic E-state index is 5.21. The van der Waals surface area contributed by atoms with Crippen LogP contribution in [0.1, 0.15) is 5.56 Å². The molecule has 0 bridgehead atoms. The Hall–Kier alpha value is -2.41. The van der Waals surface area contributed by atoms with Crippen LogP contribution in [0.4, 0.5) is 11.8 Å². The van der Waals surface area contributed by atoms with Gasteiger partial charge < -0.3 is 20.1 Å². The SMILES string of the molecule is COCCNc1cnnc(NCCc2cccc(OC)c2)n1. The molecule has 2 rings (SSSR count). The highest BCUT2D eigenvalue weighted by Crippen LogP contribution is 2.13. The van der Waals surface area contributed by atoms with Crippen molar-refractivity contribution < 1.29 is 9.47 Å². The lowest BCUT2D eigenvalue weighted by molar-refractivity contribution is 0.210. The van der Waals surface area contributed by atoms with Gasteiger partial charge in [0.25, 0.3) is 0 Å². The van der Waals surface area contributed by atoms with Gasteiger partial charge in [-0.1, -0.05) is 12.1 Å². The molecule has 0 aliphatic carbocycles. The standard InChI is InChI=1S/C15H21N5O2/c1-21-9-8-16-14-11-18-20-15(19-14)17-7-6-12-4-3-5-13(10-12)22-2/h3-5,10-11H,6-9H2,1-2H3,(H2,16,17,19,20). The van der Waals surface area contributed by atoms with Gasteiger partial charge in [0, 0.05) is 20.2 Å². The summed E-state index contributed by atoms with van der Waals surface area (Å²) in [5, 5.41) is 14.2. The van der Waals surface area contributed by atoms with Gasteiger partial charge >= 0.3 is 0 Å². The third-order valence-electron chi connectivity index (χ3n) is 3.00. The van der Waals surface area contributed by atoms with Crippen LogP contribution in [0.2, 0.25) is 0 Å². The number of ether oxygens (including phenoxy) is 2. The Labute approximate surface area is 130 Å². The highest BCUT2D eigenvalue weighted by molar-refractivity contribution is 5.37. The first-order valence-electron chi connectivity index (χ1n) is 7.11. The summed E-state index contributed by atoms with van der Waals surface area (Å²) in [6.07, 6.45) is 2.44. The van der Waals surface area contributed by atoms with Crippen molar-refractivity contribution in [2.24, 2.45) is 0 Å². The number of methoxy groups -OCH3 is 2. The Morgan fingerprint density at radius 3 is 2.86 bits per heavy atom. The normalized spacial score (nSPS) is 10.3. The molecule has 2 N–H and O–H groups in total. The monoisotopic (exact) mass is 303 g/mol. The number of anilines is 2. The molecule has 1 aromatic heterocycles. The third kappa shape index (κ3) is 5.17. The van der Waals surface area contributed by atoms with Crippen LogP contribution in [0.25, 0.3) is 0 Å². The maximum Gasteiger partial charge on any atom is 0.244 e. The second-order valence-corrected chi connectivity index (χ2v) is 4.61. The minimum absolute atomic E-state index is 0.505. The van der Waals surface area contributed by atoms with Crippen molar-refractivity contribution in [3.05, 3.63) is 36.0 Å². The van der Waals surface area contributed by atoms with E-state index in [1.807, 2.05) is 18.2 Å². The largest absolute Gasteiger partial charge is 0.497 e. The average molecular weight is 303 g/mol. The molecule has 0 aliphatic rings. The molecule has 22 heavy (non-hydrogen) atoms. The lowest BCUT2D eigenvalue weighted by Gasteiger charge is -2.08. The summed E-state index contributed by atoms with van der Waals surface area (Å²) in [4.78, 5) is 4.33. The van der Waals surface area contributed by atoms with Crippen LogP contribution in [-0.4, -0.2) is 49.1 Å². The van der Waals surface area contributed by atoms with E-state index >= 15 is 0 Å². The second-order valence-electron chi connectivity index (χ2n) is 4.61. The fourth-order valence-electron chi connectivity index (χ4n) is 1.89. The van der Waals surface area contributed by atoms with E-state index in [1.54, 1.807) is 20.4 Å². The smallest absolute Gasteiger partial charge is 0.244 e. The van der Waals surface area contributed by atoms with Crippen LogP contribution in [0.15, 0.2) is 30.5 Å². The van der Waals surface area contributed by atoms with Gasteiger partial charge in [0.1, 0.15) is 5.75 Å². The molecule has 0 saturated heterocycles. The number of nitrogens with zero attached hydrogens (tertiary/aromatic N) is 3. The Bertz CT molecular complexity index is 579. The molecule has 0 radical (unpaired) electrons. The molecule has 7 heteroatoms. The van der Waals surface area contributed by atoms with Crippen molar-refractivity contribution in [3.63, 3.8) is 0 Å². The molecule has 2 aromatic rings.